The van der Waals surface area contributed by atoms with E-state index >= 15 is 4.39 Å². The molecule has 35 heavy (non-hydrogen) atoms. The molecule has 0 aliphatic carbocycles. The molecule has 0 bridgehead atoms. The number of aromatic nitrogens is 6. The fourth-order valence-electron chi connectivity index (χ4n) is 4.06. The summed E-state index contributed by atoms with van der Waals surface area (Å²) in [5.74, 6) is 2.32. The molecule has 0 fully saturated rings. The lowest BCUT2D eigenvalue weighted by Gasteiger charge is -2.12. The molecule has 0 aliphatic rings. The van der Waals surface area contributed by atoms with Crippen molar-refractivity contribution in [2.45, 2.75) is 13.8 Å². The van der Waals surface area contributed by atoms with Crippen molar-refractivity contribution in [3.8, 4) is 46.5 Å². The Morgan fingerprint density at radius 1 is 1.14 bits per heavy atom. The lowest BCUT2D eigenvalue weighted by molar-refractivity contribution is 0.410. The minimum atomic E-state index is -0.591. The molecule has 0 atom stereocenters. The normalized spacial score (nSPS) is 11.1. The number of anilines is 1. The molecule has 5 rings (SSSR count). The zero-order valence-electron chi connectivity index (χ0n) is 20.2. The molecule has 0 amide bonds. The molecule has 0 aliphatic heterocycles. The first kappa shape index (κ1) is 20.7. The Kier molecular flexibility index (Phi) is 5.04. The maximum Gasteiger partial charge on any atom is 0.322 e. The van der Waals surface area contributed by atoms with Gasteiger partial charge >= 0.3 is 6.01 Å². The van der Waals surface area contributed by atoms with Crippen LogP contribution in [0.4, 0.5) is 10.2 Å². The van der Waals surface area contributed by atoms with E-state index in [-0.39, 0.29) is 17.6 Å². The average molecular weight is 466 g/mol. The Morgan fingerprint density at radius 3 is 2.74 bits per heavy atom. The molecular weight excluding hydrogens is 445 g/mol. The van der Waals surface area contributed by atoms with Gasteiger partial charge in [0.15, 0.2) is 11.6 Å². The van der Waals surface area contributed by atoms with E-state index in [9.17, 15) is 0 Å². The summed E-state index contributed by atoms with van der Waals surface area (Å²) in [7, 11) is 1.85. The van der Waals surface area contributed by atoms with E-state index in [0.717, 1.165) is 16.8 Å². The molecule has 4 aromatic heterocycles. The second-order valence-corrected chi connectivity index (χ2v) is 7.98. The van der Waals surface area contributed by atoms with Gasteiger partial charge in [0.05, 0.1) is 11.1 Å². The van der Waals surface area contributed by atoms with Crippen LogP contribution in [0.3, 0.4) is 0 Å². The maximum absolute atomic E-state index is 15.3. The maximum atomic E-state index is 15.3. The predicted octanol–water partition coefficient (Wildman–Crippen LogP) is 4.60. The minimum Gasteiger partial charge on any atom is -0.421 e. The number of fused-ring (bicyclic) bond motifs is 1. The first-order valence-corrected chi connectivity index (χ1v) is 10.6. The molecule has 1 aromatic carbocycles. The number of benzene rings is 1. The monoisotopic (exact) mass is 466 g/mol. The van der Waals surface area contributed by atoms with Crippen molar-refractivity contribution in [1.29, 1.82) is 0 Å². The fraction of sp³-hybridized carbons (Fsp3) is 0.115. The summed E-state index contributed by atoms with van der Waals surface area (Å²) in [6.07, 6.45) is 6.73. The SMILES string of the molecule is [2H]C#Cc1cc(C)c(-c2c(-c3ccc(Oc4nccc(C)n4)c(F)c3)c3c(N)ncnc3n2C)cn1. The predicted molar refractivity (Wildman–Crippen MR) is 131 cm³/mol. The van der Waals surface area contributed by atoms with Gasteiger partial charge < -0.3 is 15.0 Å². The van der Waals surface area contributed by atoms with E-state index in [2.05, 4.69) is 37.2 Å². The number of nitrogen functional groups attached to an aromatic ring is 1. The van der Waals surface area contributed by atoms with Crippen LogP contribution in [0.2, 0.25) is 0 Å². The van der Waals surface area contributed by atoms with Crippen LogP contribution in [0.15, 0.2) is 49.1 Å². The summed E-state index contributed by atoms with van der Waals surface area (Å²) in [6.45, 7) is 3.72. The first-order chi connectivity index (χ1) is 17.4. The Bertz CT molecular complexity index is 1700. The second-order valence-electron chi connectivity index (χ2n) is 7.98. The summed E-state index contributed by atoms with van der Waals surface area (Å²) in [6, 6.07) is 8.22. The number of nitrogens with two attached hydrogens (primary N) is 1. The lowest BCUT2D eigenvalue weighted by Crippen LogP contribution is -1.98. The van der Waals surface area contributed by atoms with E-state index in [1.165, 1.54) is 18.5 Å². The minimum absolute atomic E-state index is 0.00785. The number of halogens is 1. The molecule has 172 valence electrons. The van der Waals surface area contributed by atoms with Crippen LogP contribution in [-0.4, -0.2) is 29.5 Å². The highest BCUT2D eigenvalue weighted by Gasteiger charge is 2.24. The largest absolute Gasteiger partial charge is 0.421 e. The van der Waals surface area contributed by atoms with Gasteiger partial charge in [-0.1, -0.05) is 12.0 Å². The molecule has 0 saturated carbocycles. The fourth-order valence-corrected chi connectivity index (χ4v) is 4.06. The lowest BCUT2D eigenvalue weighted by atomic mass is 9.97. The van der Waals surface area contributed by atoms with Crippen molar-refractivity contribution >= 4 is 16.9 Å². The van der Waals surface area contributed by atoms with Gasteiger partial charge in [-0.05, 0) is 49.2 Å². The van der Waals surface area contributed by atoms with E-state index < -0.39 is 5.82 Å². The van der Waals surface area contributed by atoms with Crippen LogP contribution in [0.1, 0.15) is 18.3 Å². The van der Waals surface area contributed by atoms with E-state index in [1.807, 2.05) is 18.5 Å². The van der Waals surface area contributed by atoms with Crippen LogP contribution < -0.4 is 10.5 Å². The third kappa shape index (κ3) is 3.81. The molecule has 0 unspecified atom stereocenters. The Hall–Kier alpha value is -4.84. The van der Waals surface area contributed by atoms with Crippen LogP contribution in [0.5, 0.6) is 11.8 Å². The van der Waals surface area contributed by atoms with E-state index in [0.29, 0.717) is 33.5 Å². The molecule has 0 saturated heterocycles. The van der Waals surface area contributed by atoms with Gasteiger partial charge in [0, 0.05) is 36.3 Å². The molecule has 5 aromatic rings. The van der Waals surface area contributed by atoms with Crippen molar-refractivity contribution in [3.63, 3.8) is 0 Å². The third-order valence-electron chi connectivity index (χ3n) is 5.69. The topological polar surface area (TPSA) is 105 Å². The van der Waals surface area contributed by atoms with Crippen LogP contribution >= 0.6 is 0 Å². The van der Waals surface area contributed by atoms with Crippen molar-refractivity contribution in [2.24, 2.45) is 7.05 Å². The summed E-state index contributed by atoms with van der Waals surface area (Å²) in [5.41, 5.74) is 11.7. The third-order valence-corrected chi connectivity index (χ3v) is 5.69. The average Bonchev–Trinajstić information content (AvgIpc) is 3.14. The molecular formula is C26H20FN7O. The number of rotatable bonds is 4. The Morgan fingerprint density at radius 2 is 2.00 bits per heavy atom. The Labute approximate surface area is 202 Å². The number of nitrogens with zero attached hydrogens (tertiary/aromatic N) is 6. The molecule has 0 radical (unpaired) electrons. The van der Waals surface area contributed by atoms with Gasteiger partial charge in [-0.2, -0.15) is 0 Å². The van der Waals surface area contributed by atoms with Gasteiger partial charge in [-0.3, -0.25) is 0 Å². The van der Waals surface area contributed by atoms with E-state index in [1.54, 1.807) is 37.5 Å². The number of terminal acetylenes is 1. The van der Waals surface area contributed by atoms with Gasteiger partial charge in [0.2, 0.25) is 0 Å². The first-order valence-electron chi connectivity index (χ1n) is 11.1. The highest BCUT2D eigenvalue weighted by Crippen LogP contribution is 2.43. The van der Waals surface area contributed by atoms with Crippen molar-refractivity contribution in [2.75, 3.05) is 5.73 Å². The molecule has 9 heteroatoms. The molecule has 2 N–H and O–H groups in total. The standard InChI is InChI=1S/C26H20FN7O/c1-5-17-10-14(2)18(12-30-17)23-21(22-24(28)31-13-32-25(22)34(23)4)16-6-7-20(19(27)11-16)35-26-29-9-8-15(3)33-26/h1,6-13H,2-4H3,(H2,28,31,32)/i1D. The summed E-state index contributed by atoms with van der Waals surface area (Å²) < 4.78 is 29.9. The Balaban J connectivity index is 1.70. The van der Waals surface area contributed by atoms with Gasteiger partial charge in [0.1, 0.15) is 24.9 Å². The van der Waals surface area contributed by atoms with Crippen molar-refractivity contribution in [1.82, 2.24) is 29.5 Å². The number of aryl methyl sites for hydroxylation is 3. The summed E-state index contributed by atoms with van der Waals surface area (Å²) in [5, 5.41) is 0.597. The molecule has 8 nitrogen and oxygen atoms in total. The van der Waals surface area contributed by atoms with Gasteiger partial charge in [0.25, 0.3) is 0 Å². The summed E-state index contributed by atoms with van der Waals surface area (Å²) >= 11 is 0. The zero-order chi connectivity index (χ0) is 25.4. The molecule has 4 heterocycles. The van der Waals surface area contributed by atoms with Gasteiger partial charge in [-0.15, -0.1) is 6.40 Å². The summed E-state index contributed by atoms with van der Waals surface area (Å²) in [4.78, 5) is 21.2. The zero-order valence-corrected chi connectivity index (χ0v) is 19.2. The number of pyridine rings is 1. The van der Waals surface area contributed by atoms with Crippen LogP contribution in [0.25, 0.3) is 33.4 Å². The van der Waals surface area contributed by atoms with Crippen molar-refractivity contribution in [3.05, 3.63) is 71.8 Å². The highest BCUT2D eigenvalue weighted by atomic mass is 19.1. The number of ether oxygens (including phenoxy) is 1. The number of hydrogen-bond donors (Lipinski definition) is 1. The quantitative estimate of drug-likeness (QED) is 0.386. The second kappa shape index (κ2) is 8.50. The number of hydrogen-bond acceptors (Lipinski definition) is 7. The highest BCUT2D eigenvalue weighted by molar-refractivity contribution is 6.08. The van der Waals surface area contributed by atoms with Crippen molar-refractivity contribution < 1.29 is 10.5 Å². The smallest absolute Gasteiger partial charge is 0.322 e. The van der Waals surface area contributed by atoms with E-state index in [4.69, 9.17) is 11.8 Å². The van der Waals surface area contributed by atoms with Gasteiger partial charge in [-0.25, -0.2) is 29.3 Å². The molecule has 0 spiro atoms. The van der Waals surface area contributed by atoms with Crippen LogP contribution in [0, 0.1) is 32.0 Å². The van der Waals surface area contributed by atoms with Crippen LogP contribution in [-0.2, 0) is 7.05 Å².